The summed E-state index contributed by atoms with van der Waals surface area (Å²) in [5.41, 5.74) is 13.7. The highest BCUT2D eigenvalue weighted by molar-refractivity contribution is 5.92. The number of aldehydes is 1. The van der Waals surface area contributed by atoms with Gasteiger partial charge in [0.25, 0.3) is 0 Å². The second-order valence-electron chi connectivity index (χ2n) is 6.36. The second-order valence-corrected chi connectivity index (χ2v) is 6.36. The van der Waals surface area contributed by atoms with Crippen LogP contribution in [0.2, 0.25) is 0 Å². The summed E-state index contributed by atoms with van der Waals surface area (Å²) in [7, 11) is 0. The van der Waals surface area contributed by atoms with Gasteiger partial charge in [-0.1, -0.05) is 19.9 Å². The van der Waals surface area contributed by atoms with Gasteiger partial charge >= 0.3 is 6.03 Å². The highest BCUT2D eigenvalue weighted by Gasteiger charge is 2.25. The van der Waals surface area contributed by atoms with Gasteiger partial charge in [0.2, 0.25) is 0 Å². The number of anilines is 1. The number of allylic oxidation sites excluding steroid dienone is 1. The van der Waals surface area contributed by atoms with Crippen LogP contribution in [0.1, 0.15) is 48.9 Å². The molecule has 0 saturated heterocycles. The molecular weight excluding hydrogens is 358 g/mol. The van der Waals surface area contributed by atoms with Crippen molar-refractivity contribution in [1.29, 1.82) is 0 Å². The lowest BCUT2D eigenvalue weighted by Gasteiger charge is -2.20. The average Bonchev–Trinajstić information content (AvgIpc) is 3.35. The number of benzene rings is 1. The zero-order valence-electron chi connectivity index (χ0n) is 16.5. The van der Waals surface area contributed by atoms with Crippen molar-refractivity contribution in [2.75, 3.05) is 11.9 Å². The molecule has 2 aliphatic rings. The second kappa shape index (κ2) is 10.5. The molecule has 0 bridgehead atoms. The summed E-state index contributed by atoms with van der Waals surface area (Å²) in [5.74, 6) is 0. The van der Waals surface area contributed by atoms with Crippen LogP contribution in [-0.2, 0) is 30.5 Å². The number of carbonyl (C=O) groups is 2. The van der Waals surface area contributed by atoms with Gasteiger partial charge in [0.15, 0.2) is 0 Å². The van der Waals surface area contributed by atoms with E-state index in [1.165, 1.54) is 28.5 Å². The monoisotopic (exact) mass is 387 g/mol. The van der Waals surface area contributed by atoms with Crippen molar-refractivity contribution >= 4 is 24.2 Å². The number of hydrogen-bond acceptors (Lipinski definition) is 6. The number of fused-ring (bicyclic) bond motifs is 2. The highest BCUT2D eigenvalue weighted by atomic mass is 16.5. The van der Waals surface area contributed by atoms with Gasteiger partial charge < -0.3 is 15.8 Å². The number of hydrogen-bond donors (Lipinski definition) is 4. The molecule has 2 amide bonds. The molecule has 0 radical (unpaired) electrons. The Bertz CT molecular complexity index is 741. The maximum atomic E-state index is 12.4. The number of rotatable bonds is 6. The van der Waals surface area contributed by atoms with Crippen LogP contribution in [0.4, 0.5) is 10.5 Å². The van der Waals surface area contributed by atoms with Crippen molar-refractivity contribution in [2.24, 2.45) is 10.7 Å². The van der Waals surface area contributed by atoms with E-state index in [9.17, 15) is 14.8 Å². The molecule has 0 aromatic heterocycles. The van der Waals surface area contributed by atoms with Crippen LogP contribution >= 0.6 is 0 Å². The van der Waals surface area contributed by atoms with Gasteiger partial charge in [0.05, 0.1) is 12.8 Å². The molecule has 0 fully saturated rings. The Labute approximate surface area is 165 Å². The Morgan fingerprint density at radius 3 is 2.36 bits per heavy atom. The van der Waals surface area contributed by atoms with Gasteiger partial charge in [-0.3, -0.25) is 10.2 Å². The van der Waals surface area contributed by atoms with Gasteiger partial charge in [0.1, 0.15) is 12.0 Å². The minimum Gasteiger partial charge on any atom is -0.403 e. The number of amides is 2. The van der Waals surface area contributed by atoms with Crippen molar-refractivity contribution in [3.63, 3.8) is 0 Å². The summed E-state index contributed by atoms with van der Waals surface area (Å²) in [5, 5.41) is 13.4. The highest BCUT2D eigenvalue weighted by Crippen LogP contribution is 2.38. The van der Waals surface area contributed by atoms with Gasteiger partial charge in [-0.05, 0) is 60.8 Å². The summed E-state index contributed by atoms with van der Waals surface area (Å²) in [6, 6.07) is 1.72. The largest absolute Gasteiger partial charge is 0.403 e. The lowest BCUT2D eigenvalue weighted by atomic mass is 9.99. The molecule has 3 rings (SSSR count). The average molecular weight is 387 g/mol. The summed E-state index contributed by atoms with van der Waals surface area (Å²) < 4.78 is 0. The van der Waals surface area contributed by atoms with Crippen LogP contribution in [-0.4, -0.2) is 35.5 Å². The van der Waals surface area contributed by atoms with Crippen molar-refractivity contribution in [3.05, 3.63) is 40.2 Å². The maximum absolute atomic E-state index is 12.4. The van der Waals surface area contributed by atoms with Crippen LogP contribution in [0.3, 0.4) is 0 Å². The summed E-state index contributed by atoms with van der Waals surface area (Å²) in [6.07, 6.45) is 9.06. The Morgan fingerprint density at radius 1 is 1.21 bits per heavy atom. The number of aryl methyl sites for hydroxylation is 2. The smallest absolute Gasteiger partial charge is 0.339 e. The van der Waals surface area contributed by atoms with E-state index in [1.54, 1.807) is 0 Å². The summed E-state index contributed by atoms with van der Waals surface area (Å²) in [6.45, 7) is 3.94. The number of hydroxylamine groups is 1. The predicted molar refractivity (Wildman–Crippen MR) is 109 cm³/mol. The third-order valence-electron chi connectivity index (χ3n) is 4.74. The first kappa shape index (κ1) is 21.4. The Hall–Kier alpha value is -2.87. The summed E-state index contributed by atoms with van der Waals surface area (Å²) in [4.78, 5) is 26.4. The van der Waals surface area contributed by atoms with E-state index in [2.05, 4.69) is 21.8 Å². The molecule has 152 valence electrons. The van der Waals surface area contributed by atoms with Crippen molar-refractivity contribution < 1.29 is 14.8 Å². The first-order chi connectivity index (χ1) is 13.6. The topological polar surface area (TPSA) is 120 Å². The first-order valence-electron chi connectivity index (χ1n) is 9.72. The third-order valence-corrected chi connectivity index (χ3v) is 4.74. The molecule has 0 saturated carbocycles. The number of aliphatic imine (C=N–C) groups is 1. The van der Waals surface area contributed by atoms with Crippen LogP contribution in [0.25, 0.3) is 0 Å². The Kier molecular flexibility index (Phi) is 8.01. The van der Waals surface area contributed by atoms with Crippen LogP contribution < -0.4 is 16.5 Å². The number of nitrogens with one attached hydrogen (secondary N) is 2. The van der Waals surface area contributed by atoms with Gasteiger partial charge in [-0.15, -0.1) is 0 Å². The first-order valence-corrected chi connectivity index (χ1v) is 9.72. The molecule has 2 aliphatic carbocycles. The lowest BCUT2D eigenvalue weighted by Crippen LogP contribution is -2.42. The van der Waals surface area contributed by atoms with Gasteiger partial charge in [-0.2, -0.15) is 5.17 Å². The number of nitrogens with zero attached hydrogens (tertiary/aromatic N) is 2. The minimum absolute atomic E-state index is 0.0468. The van der Waals surface area contributed by atoms with Crippen LogP contribution in [0.15, 0.2) is 23.0 Å². The fourth-order valence-electron chi connectivity index (χ4n) is 3.63. The van der Waals surface area contributed by atoms with Gasteiger partial charge in [-0.25, -0.2) is 10.2 Å². The van der Waals surface area contributed by atoms with Gasteiger partial charge in [0, 0.05) is 11.9 Å². The summed E-state index contributed by atoms with van der Waals surface area (Å²) >= 11 is 0. The van der Waals surface area contributed by atoms with E-state index in [1.807, 2.05) is 13.8 Å². The molecule has 0 aliphatic heterocycles. The van der Waals surface area contributed by atoms with E-state index in [0.29, 0.717) is 11.5 Å². The molecule has 0 heterocycles. The molecule has 28 heavy (non-hydrogen) atoms. The van der Waals surface area contributed by atoms with E-state index < -0.39 is 6.03 Å². The molecule has 1 aromatic carbocycles. The molecule has 0 unspecified atom stereocenters. The van der Waals surface area contributed by atoms with E-state index in [0.717, 1.165) is 50.4 Å². The van der Waals surface area contributed by atoms with Crippen molar-refractivity contribution in [1.82, 2.24) is 10.6 Å². The third kappa shape index (κ3) is 4.89. The zero-order chi connectivity index (χ0) is 20.5. The number of urea groups is 1. The molecular formula is C20H29N5O3. The standard InChI is InChI=1S/C18H23N5O3.C2H6/c19-10-14(11-20-7-8-24)23(26)22-18(25)21-17-15-5-1-3-12(15)9-13-4-2-6-16(13)17;1-2/h8-11,26H,1-7,19H2,(H2,21,22,25);1-2H3/b14-10+,20-11?;. The lowest BCUT2D eigenvalue weighted by molar-refractivity contribution is -0.106. The van der Waals surface area contributed by atoms with Crippen molar-refractivity contribution in [3.8, 4) is 0 Å². The molecule has 8 nitrogen and oxygen atoms in total. The van der Waals surface area contributed by atoms with E-state index in [-0.39, 0.29) is 12.2 Å². The van der Waals surface area contributed by atoms with E-state index in [4.69, 9.17) is 5.73 Å². The SMILES string of the molecule is CC.N/C=C(\C=NCC=O)N(O)NC(=O)Nc1c2c(cc3c1CCC3)CCC2. The molecule has 5 N–H and O–H groups in total. The maximum Gasteiger partial charge on any atom is 0.339 e. The molecule has 1 aromatic rings. The fourth-order valence-corrected chi connectivity index (χ4v) is 3.63. The Morgan fingerprint density at radius 2 is 1.82 bits per heavy atom. The number of carbonyl (C=O) groups excluding carboxylic acids is 2. The predicted octanol–water partition coefficient (Wildman–Crippen LogP) is 2.49. The normalized spacial score (nSPS) is 14.8. The quantitative estimate of drug-likeness (QED) is 0.340. The molecule has 0 spiro atoms. The fraction of sp³-hybridized carbons (Fsp3) is 0.450. The van der Waals surface area contributed by atoms with E-state index >= 15 is 0 Å². The van der Waals surface area contributed by atoms with Crippen LogP contribution in [0.5, 0.6) is 0 Å². The number of hydrazine groups is 1. The number of nitrogens with two attached hydrogens (primary N) is 1. The zero-order valence-corrected chi connectivity index (χ0v) is 16.5. The molecule has 8 heteroatoms. The minimum atomic E-state index is -0.565. The molecule has 0 atom stereocenters. The van der Waals surface area contributed by atoms with Crippen LogP contribution in [0, 0.1) is 0 Å². The van der Waals surface area contributed by atoms with Crippen molar-refractivity contribution in [2.45, 2.75) is 52.4 Å². The Balaban J connectivity index is 0.00000136.